The standard InChI is InChI=1S/C13H19BrN2O2/c1-2-5-16-8-10(14)6-11(16)13(18)15-7-12(17)9-3-4-9/h6,8-9,12,17H,2-5,7H2,1H3,(H,15,18). The van der Waals surface area contributed by atoms with Crippen molar-refractivity contribution in [3.63, 3.8) is 0 Å². The van der Waals surface area contributed by atoms with Crippen molar-refractivity contribution in [1.29, 1.82) is 0 Å². The van der Waals surface area contributed by atoms with Gasteiger partial charge in [-0.3, -0.25) is 4.79 Å². The molecule has 5 heteroatoms. The predicted molar refractivity (Wildman–Crippen MR) is 73.5 cm³/mol. The summed E-state index contributed by atoms with van der Waals surface area (Å²) in [7, 11) is 0. The van der Waals surface area contributed by atoms with Gasteiger partial charge in [-0.05, 0) is 47.2 Å². The summed E-state index contributed by atoms with van der Waals surface area (Å²) in [5.74, 6) is 0.272. The van der Waals surface area contributed by atoms with E-state index in [2.05, 4.69) is 28.2 Å². The first-order valence-corrected chi connectivity index (χ1v) is 7.23. The van der Waals surface area contributed by atoms with Crippen molar-refractivity contribution in [1.82, 2.24) is 9.88 Å². The van der Waals surface area contributed by atoms with Gasteiger partial charge < -0.3 is 15.0 Å². The molecule has 1 atom stereocenters. The minimum atomic E-state index is -0.396. The van der Waals surface area contributed by atoms with Crippen molar-refractivity contribution in [2.75, 3.05) is 6.54 Å². The number of carbonyl (C=O) groups excluding carboxylic acids is 1. The van der Waals surface area contributed by atoms with Gasteiger partial charge in [0.05, 0.1) is 6.10 Å². The molecule has 0 aliphatic heterocycles. The number of carbonyl (C=O) groups is 1. The second-order valence-electron chi connectivity index (χ2n) is 4.85. The number of nitrogens with one attached hydrogen (secondary N) is 1. The zero-order chi connectivity index (χ0) is 13.1. The molecule has 1 amide bonds. The number of aliphatic hydroxyl groups excluding tert-OH is 1. The van der Waals surface area contributed by atoms with E-state index < -0.39 is 6.10 Å². The molecule has 1 aromatic heterocycles. The van der Waals surface area contributed by atoms with Gasteiger partial charge >= 0.3 is 0 Å². The molecule has 2 N–H and O–H groups in total. The number of aromatic nitrogens is 1. The summed E-state index contributed by atoms with van der Waals surface area (Å²) in [4.78, 5) is 12.0. The fourth-order valence-electron chi connectivity index (χ4n) is 2.03. The number of amides is 1. The van der Waals surface area contributed by atoms with Crippen LogP contribution in [-0.2, 0) is 6.54 Å². The van der Waals surface area contributed by atoms with Gasteiger partial charge in [0.1, 0.15) is 5.69 Å². The second kappa shape index (κ2) is 5.89. The van der Waals surface area contributed by atoms with E-state index in [1.807, 2.05) is 16.8 Å². The number of nitrogens with zero attached hydrogens (tertiary/aromatic N) is 1. The van der Waals surface area contributed by atoms with Crippen molar-refractivity contribution in [3.8, 4) is 0 Å². The molecule has 0 aromatic carbocycles. The maximum atomic E-state index is 12.0. The van der Waals surface area contributed by atoms with Crippen LogP contribution in [0.1, 0.15) is 36.7 Å². The molecule has 1 aliphatic carbocycles. The fraction of sp³-hybridized carbons (Fsp3) is 0.615. The Bertz CT molecular complexity index is 427. The number of hydrogen-bond acceptors (Lipinski definition) is 2. The average Bonchev–Trinajstić information content (AvgIpc) is 3.11. The van der Waals surface area contributed by atoms with Gasteiger partial charge in [0.25, 0.3) is 5.91 Å². The number of aliphatic hydroxyl groups is 1. The Morgan fingerprint density at radius 2 is 2.39 bits per heavy atom. The lowest BCUT2D eigenvalue weighted by molar-refractivity contribution is 0.0892. The highest BCUT2D eigenvalue weighted by molar-refractivity contribution is 9.10. The molecular formula is C13H19BrN2O2. The normalized spacial score (nSPS) is 16.6. The Balaban J connectivity index is 1.94. The van der Waals surface area contributed by atoms with Crippen molar-refractivity contribution in [3.05, 3.63) is 22.4 Å². The first kappa shape index (κ1) is 13.6. The molecule has 18 heavy (non-hydrogen) atoms. The Kier molecular flexibility index (Phi) is 4.45. The number of hydrogen-bond donors (Lipinski definition) is 2. The lowest BCUT2D eigenvalue weighted by Crippen LogP contribution is -2.34. The Morgan fingerprint density at radius 3 is 3.00 bits per heavy atom. The quantitative estimate of drug-likeness (QED) is 0.845. The number of halogens is 1. The third kappa shape index (κ3) is 3.36. The molecule has 1 unspecified atom stereocenters. The van der Waals surface area contributed by atoms with Crippen LogP contribution in [0.5, 0.6) is 0 Å². The summed E-state index contributed by atoms with van der Waals surface area (Å²) in [5.41, 5.74) is 0.645. The van der Waals surface area contributed by atoms with Gasteiger partial charge in [0.2, 0.25) is 0 Å². The lowest BCUT2D eigenvalue weighted by Gasteiger charge is -2.12. The molecular weight excluding hydrogens is 296 g/mol. The van der Waals surface area contributed by atoms with Crippen molar-refractivity contribution >= 4 is 21.8 Å². The van der Waals surface area contributed by atoms with Crippen molar-refractivity contribution in [2.24, 2.45) is 5.92 Å². The molecule has 1 fully saturated rings. The topological polar surface area (TPSA) is 54.3 Å². The van der Waals surface area contributed by atoms with Crippen LogP contribution in [0.2, 0.25) is 0 Å². The largest absolute Gasteiger partial charge is 0.391 e. The SMILES string of the molecule is CCCn1cc(Br)cc1C(=O)NCC(O)C1CC1. The molecule has 1 aromatic rings. The summed E-state index contributed by atoms with van der Waals surface area (Å²) < 4.78 is 2.84. The van der Waals surface area contributed by atoms with Crippen molar-refractivity contribution < 1.29 is 9.90 Å². The molecule has 100 valence electrons. The highest BCUT2D eigenvalue weighted by Crippen LogP contribution is 2.32. The Morgan fingerprint density at radius 1 is 1.67 bits per heavy atom. The van der Waals surface area contributed by atoms with E-state index in [1.165, 1.54) is 0 Å². The number of rotatable bonds is 6. The molecule has 2 rings (SSSR count). The highest BCUT2D eigenvalue weighted by atomic mass is 79.9. The van der Waals surface area contributed by atoms with E-state index in [1.54, 1.807) is 0 Å². The second-order valence-corrected chi connectivity index (χ2v) is 5.77. The van der Waals surface area contributed by atoms with Crippen LogP contribution >= 0.6 is 15.9 Å². The monoisotopic (exact) mass is 314 g/mol. The smallest absolute Gasteiger partial charge is 0.268 e. The maximum Gasteiger partial charge on any atom is 0.268 e. The van der Waals surface area contributed by atoms with Gasteiger partial charge in [-0.25, -0.2) is 0 Å². The summed E-state index contributed by atoms with van der Waals surface area (Å²) in [6, 6.07) is 1.81. The molecule has 0 bridgehead atoms. The Labute approximate surface area is 116 Å². The first-order chi connectivity index (χ1) is 8.61. The average molecular weight is 315 g/mol. The first-order valence-electron chi connectivity index (χ1n) is 6.43. The minimum absolute atomic E-state index is 0.117. The van der Waals surface area contributed by atoms with Crippen molar-refractivity contribution in [2.45, 2.75) is 38.8 Å². The molecule has 1 aliphatic rings. The van der Waals surface area contributed by atoms with E-state index in [4.69, 9.17) is 0 Å². The molecule has 1 heterocycles. The van der Waals surface area contributed by atoms with E-state index in [9.17, 15) is 9.90 Å². The molecule has 0 radical (unpaired) electrons. The zero-order valence-electron chi connectivity index (χ0n) is 10.5. The summed E-state index contributed by atoms with van der Waals surface area (Å²) >= 11 is 3.38. The van der Waals surface area contributed by atoms with E-state index >= 15 is 0 Å². The molecule has 1 saturated carbocycles. The van der Waals surface area contributed by atoms with Crippen LogP contribution < -0.4 is 5.32 Å². The number of aryl methyl sites for hydroxylation is 1. The minimum Gasteiger partial charge on any atom is -0.391 e. The molecule has 0 spiro atoms. The van der Waals surface area contributed by atoms with E-state index in [0.717, 1.165) is 30.3 Å². The van der Waals surface area contributed by atoms with E-state index in [0.29, 0.717) is 18.2 Å². The van der Waals surface area contributed by atoms with E-state index in [-0.39, 0.29) is 5.91 Å². The van der Waals surface area contributed by atoms with Crippen LogP contribution in [0, 0.1) is 5.92 Å². The zero-order valence-corrected chi connectivity index (χ0v) is 12.1. The van der Waals surface area contributed by atoms with Crippen LogP contribution in [-0.4, -0.2) is 28.2 Å². The third-order valence-electron chi connectivity index (χ3n) is 3.20. The summed E-state index contributed by atoms with van der Waals surface area (Å²) in [6.45, 7) is 3.24. The van der Waals surface area contributed by atoms with Crippen LogP contribution in [0.25, 0.3) is 0 Å². The molecule has 0 saturated heterocycles. The third-order valence-corrected chi connectivity index (χ3v) is 3.63. The van der Waals surface area contributed by atoms with Gasteiger partial charge in [0, 0.05) is 23.8 Å². The lowest BCUT2D eigenvalue weighted by atomic mass is 10.2. The summed E-state index contributed by atoms with van der Waals surface area (Å²) in [5, 5.41) is 12.5. The summed E-state index contributed by atoms with van der Waals surface area (Å²) in [6.07, 6.45) is 4.65. The van der Waals surface area contributed by atoms with Crippen LogP contribution in [0.4, 0.5) is 0 Å². The Hall–Kier alpha value is -0.810. The van der Waals surface area contributed by atoms with Crippen LogP contribution in [0.3, 0.4) is 0 Å². The predicted octanol–water partition coefficient (Wildman–Crippen LogP) is 2.16. The molecule has 4 nitrogen and oxygen atoms in total. The highest BCUT2D eigenvalue weighted by Gasteiger charge is 2.29. The maximum absolute atomic E-state index is 12.0. The van der Waals surface area contributed by atoms with Gasteiger partial charge in [-0.15, -0.1) is 0 Å². The van der Waals surface area contributed by atoms with Gasteiger partial charge in [0.15, 0.2) is 0 Å². The van der Waals surface area contributed by atoms with Crippen LogP contribution in [0.15, 0.2) is 16.7 Å². The van der Waals surface area contributed by atoms with Gasteiger partial charge in [-0.2, -0.15) is 0 Å². The van der Waals surface area contributed by atoms with Gasteiger partial charge in [-0.1, -0.05) is 6.92 Å². The fourth-order valence-corrected chi connectivity index (χ4v) is 2.49.